The molecule has 1 aromatic carbocycles. The van der Waals surface area contributed by atoms with Gasteiger partial charge in [-0.15, -0.1) is 0 Å². The molecule has 6 nitrogen and oxygen atoms in total. The van der Waals surface area contributed by atoms with Gasteiger partial charge in [0.1, 0.15) is 11.2 Å². The Labute approximate surface area is 164 Å². The molecule has 6 rings (SSSR count). The van der Waals surface area contributed by atoms with E-state index in [1.54, 1.807) is 6.07 Å². The van der Waals surface area contributed by atoms with E-state index in [1.165, 1.54) is 12.7 Å². The van der Waals surface area contributed by atoms with Crippen molar-refractivity contribution in [3.63, 3.8) is 0 Å². The SMILES string of the molecule is C/C=C1/CN2CCC34c5cc(O)ccc5N(C)[C@]35OC[C@@]4(C(=O)OC)C1C[C@H]25. The first-order valence-corrected chi connectivity index (χ1v) is 10.2. The van der Waals surface area contributed by atoms with Crippen molar-refractivity contribution < 1.29 is 19.4 Å². The lowest BCUT2D eigenvalue weighted by atomic mass is 9.43. The predicted molar refractivity (Wildman–Crippen MR) is 103 cm³/mol. The second-order valence-electron chi connectivity index (χ2n) is 9.00. The van der Waals surface area contributed by atoms with Crippen LogP contribution in [0.5, 0.6) is 5.75 Å². The Morgan fingerprint density at radius 1 is 1.43 bits per heavy atom. The number of anilines is 1. The number of phenolic OH excluding ortho intramolecular Hbond substituents is 1. The number of hydrogen-bond acceptors (Lipinski definition) is 6. The summed E-state index contributed by atoms with van der Waals surface area (Å²) in [7, 11) is 3.58. The van der Waals surface area contributed by atoms with E-state index in [1.807, 2.05) is 12.1 Å². The summed E-state index contributed by atoms with van der Waals surface area (Å²) in [6.45, 7) is 4.25. The first-order chi connectivity index (χ1) is 13.5. The van der Waals surface area contributed by atoms with Crippen molar-refractivity contribution in [3.8, 4) is 5.75 Å². The van der Waals surface area contributed by atoms with Crippen LogP contribution >= 0.6 is 0 Å². The number of carbonyl (C=O) groups is 1. The molecule has 0 spiro atoms. The van der Waals surface area contributed by atoms with Crippen LogP contribution in [0.3, 0.4) is 0 Å². The van der Waals surface area contributed by atoms with Crippen molar-refractivity contribution in [2.24, 2.45) is 11.3 Å². The number of phenols is 1. The smallest absolute Gasteiger partial charge is 0.315 e. The van der Waals surface area contributed by atoms with Crippen LogP contribution in [0.2, 0.25) is 0 Å². The number of esters is 1. The van der Waals surface area contributed by atoms with E-state index in [4.69, 9.17) is 9.47 Å². The van der Waals surface area contributed by atoms with Gasteiger partial charge >= 0.3 is 5.97 Å². The molecule has 1 saturated carbocycles. The lowest BCUT2D eigenvalue weighted by Crippen LogP contribution is -2.80. The minimum atomic E-state index is -0.764. The molecule has 28 heavy (non-hydrogen) atoms. The molecule has 4 fully saturated rings. The van der Waals surface area contributed by atoms with Gasteiger partial charge in [0, 0.05) is 31.7 Å². The van der Waals surface area contributed by atoms with E-state index in [0.29, 0.717) is 6.61 Å². The Balaban J connectivity index is 1.75. The zero-order valence-corrected chi connectivity index (χ0v) is 16.6. The first-order valence-electron chi connectivity index (χ1n) is 10.2. The fourth-order valence-corrected chi connectivity index (χ4v) is 7.78. The van der Waals surface area contributed by atoms with Gasteiger partial charge in [0.15, 0.2) is 5.72 Å². The summed E-state index contributed by atoms with van der Waals surface area (Å²) >= 11 is 0. The number of nitrogens with zero attached hydrogens (tertiary/aromatic N) is 2. The summed E-state index contributed by atoms with van der Waals surface area (Å²) < 4.78 is 12.2. The van der Waals surface area contributed by atoms with Crippen molar-refractivity contribution in [1.82, 2.24) is 4.90 Å². The molecule has 0 aromatic heterocycles. The molecule has 4 heterocycles. The van der Waals surface area contributed by atoms with Crippen LogP contribution in [0.1, 0.15) is 25.3 Å². The monoisotopic (exact) mass is 382 g/mol. The van der Waals surface area contributed by atoms with Gasteiger partial charge in [0.25, 0.3) is 0 Å². The van der Waals surface area contributed by atoms with Gasteiger partial charge in [0.05, 0.1) is 25.2 Å². The van der Waals surface area contributed by atoms with Crippen LogP contribution in [0.4, 0.5) is 5.69 Å². The molecule has 1 aliphatic carbocycles. The molecular formula is C22H26N2O4. The number of hydrogen-bond donors (Lipinski definition) is 1. The van der Waals surface area contributed by atoms with Crippen LogP contribution in [0.25, 0.3) is 0 Å². The van der Waals surface area contributed by atoms with Crippen molar-refractivity contribution in [2.75, 3.05) is 38.8 Å². The van der Waals surface area contributed by atoms with E-state index in [9.17, 15) is 9.90 Å². The van der Waals surface area contributed by atoms with Crippen LogP contribution in [-0.2, 0) is 19.7 Å². The average Bonchev–Trinajstić information content (AvgIpc) is 3.08. The lowest BCUT2D eigenvalue weighted by Gasteiger charge is -2.66. The van der Waals surface area contributed by atoms with Crippen LogP contribution in [-0.4, -0.2) is 61.6 Å². The molecule has 0 amide bonds. The second kappa shape index (κ2) is 4.92. The largest absolute Gasteiger partial charge is 0.508 e. The van der Waals surface area contributed by atoms with Gasteiger partial charge in [-0.05, 0) is 43.5 Å². The molecule has 5 atom stereocenters. The minimum absolute atomic E-state index is 0.101. The number of likely N-dealkylation sites (N-methyl/N-ethyl adjacent to an activating group) is 1. The Hall–Kier alpha value is -2.05. The molecule has 1 aromatic rings. The number of ether oxygens (including phenoxy) is 2. The Bertz CT molecular complexity index is 944. The highest BCUT2D eigenvalue weighted by atomic mass is 16.6. The standard InChI is InChI=1S/C22H26N2O4/c1-4-13-11-24-8-7-21-16-9-14(25)5-6-17(16)23(2)22(21)18(24)10-15(13)20(21,12-28-22)19(26)27-3/h4-6,9,15,18,25H,7-8,10-12H2,1-3H3/b13-4-/t15?,18-,20-,21?,22+/m0/s1. The number of aromatic hydroxyl groups is 1. The number of allylic oxidation sites excluding steroid dienone is 1. The van der Waals surface area contributed by atoms with Crippen molar-refractivity contribution in [1.29, 1.82) is 0 Å². The maximum absolute atomic E-state index is 13.6. The third-order valence-corrected chi connectivity index (χ3v) is 8.67. The molecule has 2 unspecified atom stereocenters. The maximum Gasteiger partial charge on any atom is 0.315 e. The summed E-state index contributed by atoms with van der Waals surface area (Å²) in [5.74, 6) is 0.170. The number of carbonyl (C=O) groups excluding carboxylic acids is 1. The number of methoxy groups -OCH3 is 1. The van der Waals surface area contributed by atoms with Gasteiger partial charge in [0.2, 0.25) is 0 Å². The zero-order valence-electron chi connectivity index (χ0n) is 16.6. The third-order valence-electron chi connectivity index (χ3n) is 8.67. The van der Waals surface area contributed by atoms with Crippen molar-refractivity contribution in [2.45, 2.75) is 36.9 Å². The number of rotatable bonds is 1. The van der Waals surface area contributed by atoms with E-state index < -0.39 is 16.6 Å². The van der Waals surface area contributed by atoms with Gasteiger partial charge in [-0.2, -0.15) is 0 Å². The zero-order chi connectivity index (χ0) is 19.5. The molecule has 3 saturated heterocycles. The van der Waals surface area contributed by atoms with Crippen LogP contribution in [0.15, 0.2) is 29.8 Å². The number of fused-ring (bicyclic) bond motifs is 3. The van der Waals surface area contributed by atoms with E-state index >= 15 is 0 Å². The number of benzene rings is 1. The van der Waals surface area contributed by atoms with E-state index in [2.05, 4.69) is 29.8 Å². The Morgan fingerprint density at radius 2 is 2.25 bits per heavy atom. The van der Waals surface area contributed by atoms with E-state index in [0.717, 1.165) is 37.2 Å². The highest BCUT2D eigenvalue weighted by molar-refractivity contribution is 5.86. The third kappa shape index (κ3) is 1.37. The molecule has 0 radical (unpaired) electrons. The fraction of sp³-hybridized carbons (Fsp3) is 0.591. The molecule has 148 valence electrons. The molecule has 6 heteroatoms. The second-order valence-corrected chi connectivity index (χ2v) is 9.00. The van der Waals surface area contributed by atoms with Gasteiger partial charge in [-0.25, -0.2) is 0 Å². The molecule has 1 N–H and O–H groups in total. The molecular weight excluding hydrogens is 356 g/mol. The maximum atomic E-state index is 13.6. The van der Waals surface area contributed by atoms with Crippen molar-refractivity contribution in [3.05, 3.63) is 35.4 Å². The highest BCUT2D eigenvalue weighted by Gasteiger charge is 2.86. The normalized spacial score (nSPS) is 44.0. The summed E-state index contributed by atoms with van der Waals surface area (Å²) in [6.07, 6.45) is 3.92. The predicted octanol–water partition coefficient (Wildman–Crippen LogP) is 2.02. The molecule has 5 bridgehead atoms. The summed E-state index contributed by atoms with van der Waals surface area (Å²) in [5.41, 5.74) is 1.54. The highest BCUT2D eigenvalue weighted by Crippen LogP contribution is 2.76. The Kier molecular flexibility index (Phi) is 2.96. The quantitative estimate of drug-likeness (QED) is 0.592. The minimum Gasteiger partial charge on any atom is -0.508 e. The number of piperidine rings is 2. The van der Waals surface area contributed by atoms with Gasteiger partial charge in [-0.3, -0.25) is 9.69 Å². The van der Waals surface area contributed by atoms with Crippen LogP contribution in [0, 0.1) is 11.3 Å². The summed E-state index contributed by atoms with van der Waals surface area (Å²) in [6, 6.07) is 5.79. The summed E-state index contributed by atoms with van der Waals surface area (Å²) in [5, 5.41) is 10.4. The molecule has 4 aliphatic heterocycles. The Morgan fingerprint density at radius 3 is 3.00 bits per heavy atom. The summed E-state index contributed by atoms with van der Waals surface area (Å²) in [4.78, 5) is 18.4. The fourth-order valence-electron chi connectivity index (χ4n) is 7.78. The van der Waals surface area contributed by atoms with Gasteiger partial charge in [-0.1, -0.05) is 11.6 Å². The lowest BCUT2D eigenvalue weighted by molar-refractivity contribution is -0.184. The van der Waals surface area contributed by atoms with E-state index in [-0.39, 0.29) is 23.7 Å². The average molecular weight is 382 g/mol. The van der Waals surface area contributed by atoms with Gasteiger partial charge < -0.3 is 19.5 Å². The van der Waals surface area contributed by atoms with Crippen molar-refractivity contribution >= 4 is 11.7 Å². The topological polar surface area (TPSA) is 62.2 Å². The molecule has 5 aliphatic rings. The van der Waals surface area contributed by atoms with Crippen LogP contribution < -0.4 is 4.90 Å². The first kappa shape index (κ1) is 16.9.